The van der Waals surface area contributed by atoms with Crippen molar-refractivity contribution in [2.75, 3.05) is 25.5 Å². The molecule has 1 atom stereocenters. The van der Waals surface area contributed by atoms with E-state index >= 15 is 0 Å². The van der Waals surface area contributed by atoms with Gasteiger partial charge in [-0.05, 0) is 38.9 Å². The standard InChI is InChI=1S/C16H23N3O3.ClH/c1-11(17-2)9-18-15(20)10-22-14-5-3-4-13(8-14)19-16(21)12-6-7-12;/h3-5,8,11-12,17H,6-7,9-10H2,1-2H3,(H,18,20)(H,19,21);1H. The fraction of sp³-hybridized carbons (Fsp3) is 0.500. The number of ether oxygens (including phenoxy) is 1. The summed E-state index contributed by atoms with van der Waals surface area (Å²) in [6, 6.07) is 7.30. The van der Waals surface area contributed by atoms with Gasteiger partial charge < -0.3 is 20.7 Å². The van der Waals surface area contributed by atoms with E-state index in [9.17, 15) is 9.59 Å². The van der Waals surface area contributed by atoms with E-state index in [-0.39, 0.29) is 42.8 Å². The topological polar surface area (TPSA) is 79.5 Å². The molecule has 0 spiro atoms. The summed E-state index contributed by atoms with van der Waals surface area (Å²) < 4.78 is 5.45. The van der Waals surface area contributed by atoms with Crippen LogP contribution in [0.2, 0.25) is 0 Å². The summed E-state index contributed by atoms with van der Waals surface area (Å²) in [6.45, 7) is 2.49. The van der Waals surface area contributed by atoms with Crippen LogP contribution in [0.1, 0.15) is 19.8 Å². The van der Waals surface area contributed by atoms with Gasteiger partial charge >= 0.3 is 0 Å². The van der Waals surface area contributed by atoms with Crippen molar-refractivity contribution in [1.82, 2.24) is 10.6 Å². The van der Waals surface area contributed by atoms with Crippen LogP contribution in [0.25, 0.3) is 0 Å². The fourth-order valence-corrected chi connectivity index (χ4v) is 1.82. The van der Waals surface area contributed by atoms with E-state index in [1.54, 1.807) is 18.2 Å². The zero-order valence-electron chi connectivity index (χ0n) is 13.4. The maximum atomic E-state index is 11.7. The maximum Gasteiger partial charge on any atom is 0.257 e. The SMILES string of the molecule is CNC(C)CNC(=O)COc1cccc(NC(=O)C2CC2)c1.Cl. The molecule has 0 aliphatic heterocycles. The van der Waals surface area contributed by atoms with Gasteiger partial charge in [-0.1, -0.05) is 6.07 Å². The van der Waals surface area contributed by atoms with Gasteiger partial charge in [0.2, 0.25) is 5.91 Å². The van der Waals surface area contributed by atoms with Crippen molar-refractivity contribution in [2.24, 2.45) is 5.92 Å². The normalized spacial score (nSPS) is 14.3. The number of likely N-dealkylation sites (N-methyl/N-ethyl adjacent to an activating group) is 1. The predicted molar refractivity (Wildman–Crippen MR) is 92.1 cm³/mol. The predicted octanol–water partition coefficient (Wildman–Crippen LogP) is 1.56. The molecule has 2 amide bonds. The highest BCUT2D eigenvalue weighted by Gasteiger charge is 2.29. The zero-order chi connectivity index (χ0) is 15.9. The van der Waals surface area contributed by atoms with E-state index < -0.39 is 0 Å². The van der Waals surface area contributed by atoms with E-state index in [2.05, 4.69) is 16.0 Å². The number of anilines is 1. The Labute approximate surface area is 142 Å². The molecule has 128 valence electrons. The van der Waals surface area contributed by atoms with Crippen LogP contribution in [0.5, 0.6) is 5.75 Å². The minimum Gasteiger partial charge on any atom is -0.484 e. The summed E-state index contributed by atoms with van der Waals surface area (Å²) in [7, 11) is 1.84. The van der Waals surface area contributed by atoms with Gasteiger partial charge in [-0.2, -0.15) is 0 Å². The Hall–Kier alpha value is -1.79. The second-order valence-corrected chi connectivity index (χ2v) is 5.57. The summed E-state index contributed by atoms with van der Waals surface area (Å²) in [4.78, 5) is 23.4. The summed E-state index contributed by atoms with van der Waals surface area (Å²) in [5, 5.41) is 8.67. The lowest BCUT2D eigenvalue weighted by Gasteiger charge is -2.12. The highest BCUT2D eigenvalue weighted by atomic mass is 35.5. The molecule has 1 aliphatic rings. The first-order valence-corrected chi connectivity index (χ1v) is 7.56. The Kier molecular flexibility index (Phi) is 7.85. The zero-order valence-corrected chi connectivity index (χ0v) is 14.2. The Morgan fingerprint density at radius 3 is 2.74 bits per heavy atom. The third-order valence-corrected chi connectivity index (χ3v) is 3.52. The van der Waals surface area contributed by atoms with Crippen LogP contribution < -0.4 is 20.7 Å². The molecule has 1 fully saturated rings. The van der Waals surface area contributed by atoms with Gasteiger partial charge in [0.15, 0.2) is 6.61 Å². The second-order valence-electron chi connectivity index (χ2n) is 5.57. The van der Waals surface area contributed by atoms with E-state index in [0.717, 1.165) is 12.8 Å². The molecular weight excluding hydrogens is 318 g/mol. The molecule has 1 saturated carbocycles. The molecule has 0 saturated heterocycles. The molecule has 1 aliphatic carbocycles. The van der Waals surface area contributed by atoms with Crippen LogP contribution in [0, 0.1) is 5.92 Å². The Morgan fingerprint density at radius 2 is 2.09 bits per heavy atom. The Bertz CT molecular complexity index is 535. The molecule has 23 heavy (non-hydrogen) atoms. The summed E-state index contributed by atoms with van der Waals surface area (Å²) in [6.07, 6.45) is 1.93. The fourth-order valence-electron chi connectivity index (χ4n) is 1.82. The van der Waals surface area contributed by atoms with Gasteiger partial charge in [-0.3, -0.25) is 9.59 Å². The summed E-state index contributed by atoms with van der Waals surface area (Å²) >= 11 is 0. The average molecular weight is 342 g/mol. The highest BCUT2D eigenvalue weighted by molar-refractivity contribution is 5.94. The Morgan fingerprint density at radius 1 is 1.35 bits per heavy atom. The number of hydrogen-bond acceptors (Lipinski definition) is 4. The summed E-state index contributed by atoms with van der Waals surface area (Å²) in [5.41, 5.74) is 0.693. The molecule has 6 nitrogen and oxygen atoms in total. The lowest BCUT2D eigenvalue weighted by molar-refractivity contribution is -0.123. The van der Waals surface area contributed by atoms with E-state index in [4.69, 9.17) is 4.74 Å². The first kappa shape index (κ1) is 19.3. The third kappa shape index (κ3) is 6.88. The quantitative estimate of drug-likeness (QED) is 0.670. The van der Waals surface area contributed by atoms with Crippen LogP contribution in [-0.4, -0.2) is 38.1 Å². The van der Waals surface area contributed by atoms with Gasteiger partial charge in [-0.15, -0.1) is 12.4 Å². The van der Waals surface area contributed by atoms with Gasteiger partial charge in [0.25, 0.3) is 5.91 Å². The maximum absolute atomic E-state index is 11.7. The van der Waals surface area contributed by atoms with Crippen molar-refractivity contribution in [3.8, 4) is 5.75 Å². The van der Waals surface area contributed by atoms with Crippen molar-refractivity contribution in [3.63, 3.8) is 0 Å². The summed E-state index contributed by atoms with van der Waals surface area (Å²) in [5.74, 6) is 0.598. The molecule has 0 aromatic heterocycles. The van der Waals surface area contributed by atoms with Crippen molar-refractivity contribution in [1.29, 1.82) is 0 Å². The second kappa shape index (κ2) is 9.37. The first-order valence-electron chi connectivity index (χ1n) is 7.56. The van der Waals surface area contributed by atoms with Crippen molar-refractivity contribution >= 4 is 29.9 Å². The number of carbonyl (C=O) groups excluding carboxylic acids is 2. The van der Waals surface area contributed by atoms with Crippen LogP contribution in [0.3, 0.4) is 0 Å². The van der Waals surface area contributed by atoms with Crippen LogP contribution in [0.4, 0.5) is 5.69 Å². The van der Waals surface area contributed by atoms with Gasteiger partial charge in [0.05, 0.1) is 0 Å². The molecular formula is C16H24ClN3O3. The van der Waals surface area contributed by atoms with Crippen LogP contribution >= 0.6 is 12.4 Å². The number of carbonyl (C=O) groups is 2. The monoisotopic (exact) mass is 341 g/mol. The smallest absolute Gasteiger partial charge is 0.257 e. The van der Waals surface area contributed by atoms with Gasteiger partial charge in [0.1, 0.15) is 5.75 Å². The van der Waals surface area contributed by atoms with E-state index in [0.29, 0.717) is 18.0 Å². The molecule has 0 heterocycles. The number of amides is 2. The van der Waals surface area contributed by atoms with Gasteiger partial charge in [-0.25, -0.2) is 0 Å². The molecule has 0 radical (unpaired) electrons. The molecule has 7 heteroatoms. The minimum absolute atomic E-state index is 0. The molecule has 2 rings (SSSR count). The number of nitrogens with one attached hydrogen (secondary N) is 3. The number of benzene rings is 1. The number of halogens is 1. The first-order chi connectivity index (χ1) is 10.6. The third-order valence-electron chi connectivity index (χ3n) is 3.52. The largest absolute Gasteiger partial charge is 0.484 e. The van der Waals surface area contributed by atoms with Crippen molar-refractivity contribution in [3.05, 3.63) is 24.3 Å². The van der Waals surface area contributed by atoms with Crippen molar-refractivity contribution < 1.29 is 14.3 Å². The van der Waals surface area contributed by atoms with E-state index in [1.807, 2.05) is 20.0 Å². The number of hydrogen-bond donors (Lipinski definition) is 3. The Balaban J connectivity index is 0.00000264. The molecule has 3 N–H and O–H groups in total. The lowest BCUT2D eigenvalue weighted by atomic mass is 10.3. The molecule has 1 aromatic carbocycles. The minimum atomic E-state index is -0.172. The molecule has 1 unspecified atom stereocenters. The molecule has 0 bridgehead atoms. The average Bonchev–Trinajstić information content (AvgIpc) is 3.35. The number of rotatable bonds is 8. The van der Waals surface area contributed by atoms with Gasteiger partial charge in [0, 0.05) is 30.3 Å². The van der Waals surface area contributed by atoms with Crippen LogP contribution in [0.15, 0.2) is 24.3 Å². The highest BCUT2D eigenvalue weighted by Crippen LogP contribution is 2.30. The van der Waals surface area contributed by atoms with E-state index in [1.165, 1.54) is 0 Å². The lowest BCUT2D eigenvalue weighted by Crippen LogP contribution is -2.39. The van der Waals surface area contributed by atoms with Crippen molar-refractivity contribution in [2.45, 2.75) is 25.8 Å². The van der Waals surface area contributed by atoms with Crippen LogP contribution in [-0.2, 0) is 9.59 Å². The molecule has 1 aromatic rings.